The zero-order chi connectivity index (χ0) is 14.7. The Balaban J connectivity index is 2.26. The Morgan fingerprint density at radius 3 is 2.70 bits per heavy atom. The number of nitrogens with one attached hydrogen (secondary N) is 1. The lowest BCUT2D eigenvalue weighted by Gasteiger charge is -2.24. The highest BCUT2D eigenvalue weighted by molar-refractivity contribution is 6.31. The van der Waals surface area contributed by atoms with E-state index in [-0.39, 0.29) is 22.4 Å². The average Bonchev–Trinajstić information content (AvgIpc) is 2.93. The lowest BCUT2D eigenvalue weighted by molar-refractivity contribution is -0.384. The molecule has 0 amide bonds. The summed E-state index contributed by atoms with van der Waals surface area (Å²) in [5.74, 6) is -0.305. The first kappa shape index (κ1) is 15.0. The number of nitrogens with zero attached hydrogens (tertiary/aromatic N) is 1. The van der Waals surface area contributed by atoms with Gasteiger partial charge in [0.25, 0.3) is 5.69 Å². The number of nitrogens with two attached hydrogens (primary N) is 1. The van der Waals surface area contributed by atoms with E-state index < -0.39 is 10.7 Å². The SMILES string of the molecule is NCC(Nc1cc(F)c(Cl)cc1[N+](=O)[O-])C1CCCC1. The van der Waals surface area contributed by atoms with Gasteiger partial charge in [-0.15, -0.1) is 0 Å². The van der Waals surface area contributed by atoms with E-state index in [9.17, 15) is 14.5 Å². The molecule has 20 heavy (non-hydrogen) atoms. The van der Waals surface area contributed by atoms with Gasteiger partial charge in [-0.05, 0) is 18.8 Å². The van der Waals surface area contributed by atoms with Gasteiger partial charge in [-0.2, -0.15) is 0 Å². The van der Waals surface area contributed by atoms with Crippen molar-refractivity contribution in [3.63, 3.8) is 0 Å². The van der Waals surface area contributed by atoms with Crippen LogP contribution in [0.15, 0.2) is 12.1 Å². The fourth-order valence-electron chi connectivity index (χ4n) is 2.73. The predicted molar refractivity (Wildman–Crippen MR) is 76.5 cm³/mol. The monoisotopic (exact) mass is 301 g/mol. The van der Waals surface area contributed by atoms with E-state index in [0.29, 0.717) is 12.5 Å². The molecule has 110 valence electrons. The normalized spacial score (nSPS) is 17.1. The van der Waals surface area contributed by atoms with Crippen LogP contribution in [-0.2, 0) is 0 Å². The summed E-state index contributed by atoms with van der Waals surface area (Å²) in [5.41, 5.74) is 5.65. The van der Waals surface area contributed by atoms with Crippen molar-refractivity contribution < 1.29 is 9.31 Å². The van der Waals surface area contributed by atoms with Gasteiger partial charge in [0.1, 0.15) is 11.5 Å². The number of benzene rings is 1. The molecule has 0 aliphatic heterocycles. The number of nitro benzene ring substituents is 1. The molecule has 1 aromatic rings. The molecule has 1 fully saturated rings. The fourth-order valence-corrected chi connectivity index (χ4v) is 2.89. The molecule has 1 atom stereocenters. The summed E-state index contributed by atoms with van der Waals surface area (Å²) in [7, 11) is 0. The number of rotatable bonds is 5. The van der Waals surface area contributed by atoms with Crippen molar-refractivity contribution in [2.24, 2.45) is 11.7 Å². The molecular weight excluding hydrogens is 285 g/mol. The maximum absolute atomic E-state index is 13.5. The minimum Gasteiger partial charge on any atom is -0.375 e. The van der Waals surface area contributed by atoms with E-state index in [1.807, 2.05) is 0 Å². The molecule has 1 aliphatic carbocycles. The van der Waals surface area contributed by atoms with Crippen LogP contribution in [0.4, 0.5) is 15.8 Å². The second-order valence-corrected chi connectivity index (χ2v) is 5.48. The number of anilines is 1. The van der Waals surface area contributed by atoms with Crippen LogP contribution in [0.1, 0.15) is 25.7 Å². The molecule has 0 spiro atoms. The first-order chi connectivity index (χ1) is 9.52. The van der Waals surface area contributed by atoms with Gasteiger partial charge >= 0.3 is 0 Å². The summed E-state index contributed by atoms with van der Waals surface area (Å²) in [6, 6.07) is 2.01. The maximum atomic E-state index is 13.5. The standard InChI is InChI=1S/C13H17ClFN3O2/c14-9-5-13(18(19)20)11(6-10(9)15)17-12(7-16)8-3-1-2-4-8/h5-6,8,12,17H,1-4,7,16H2. The molecule has 5 nitrogen and oxygen atoms in total. The minimum absolute atomic E-state index is 0.0863. The second kappa shape index (κ2) is 6.37. The van der Waals surface area contributed by atoms with Crippen LogP contribution in [0.25, 0.3) is 0 Å². The molecule has 1 aliphatic rings. The molecule has 1 saturated carbocycles. The summed E-state index contributed by atoms with van der Waals surface area (Å²) in [5, 5.41) is 13.8. The lowest BCUT2D eigenvalue weighted by atomic mass is 9.98. The van der Waals surface area contributed by atoms with Gasteiger partial charge in [-0.3, -0.25) is 10.1 Å². The quantitative estimate of drug-likeness (QED) is 0.645. The van der Waals surface area contributed by atoms with Crippen molar-refractivity contribution in [2.75, 3.05) is 11.9 Å². The predicted octanol–water partition coefficient (Wildman–Crippen LogP) is 3.32. The van der Waals surface area contributed by atoms with Crippen molar-refractivity contribution >= 4 is 23.0 Å². The van der Waals surface area contributed by atoms with Crippen LogP contribution in [-0.4, -0.2) is 17.5 Å². The molecule has 0 bridgehead atoms. The number of halogens is 2. The Hall–Kier alpha value is -1.40. The molecule has 7 heteroatoms. The van der Waals surface area contributed by atoms with Crippen molar-refractivity contribution in [3.8, 4) is 0 Å². The zero-order valence-corrected chi connectivity index (χ0v) is 11.7. The van der Waals surface area contributed by atoms with Crippen molar-refractivity contribution in [1.82, 2.24) is 0 Å². The van der Waals surface area contributed by atoms with Crippen LogP contribution in [0.3, 0.4) is 0 Å². The Labute approximate surface area is 121 Å². The second-order valence-electron chi connectivity index (χ2n) is 5.07. The van der Waals surface area contributed by atoms with E-state index in [4.69, 9.17) is 17.3 Å². The van der Waals surface area contributed by atoms with Gasteiger partial charge in [0, 0.05) is 24.7 Å². The van der Waals surface area contributed by atoms with E-state index in [1.54, 1.807) is 0 Å². The van der Waals surface area contributed by atoms with Gasteiger partial charge in [0.05, 0.1) is 9.95 Å². The Bertz CT molecular complexity index is 507. The highest BCUT2D eigenvalue weighted by atomic mass is 35.5. The van der Waals surface area contributed by atoms with Crippen LogP contribution in [0.5, 0.6) is 0 Å². The Morgan fingerprint density at radius 2 is 2.15 bits per heavy atom. The molecule has 3 N–H and O–H groups in total. The molecule has 1 aromatic carbocycles. The Kier molecular flexibility index (Phi) is 4.77. The van der Waals surface area contributed by atoms with Gasteiger partial charge in [0.15, 0.2) is 0 Å². The van der Waals surface area contributed by atoms with Crippen LogP contribution >= 0.6 is 11.6 Å². The average molecular weight is 302 g/mol. The fraction of sp³-hybridized carbons (Fsp3) is 0.538. The summed E-state index contributed by atoms with van der Waals surface area (Å²) in [4.78, 5) is 10.5. The van der Waals surface area contributed by atoms with Gasteiger partial charge < -0.3 is 11.1 Å². The molecule has 0 saturated heterocycles. The topological polar surface area (TPSA) is 81.2 Å². The molecule has 0 aromatic heterocycles. The van der Waals surface area contributed by atoms with Gasteiger partial charge in [-0.1, -0.05) is 24.4 Å². The van der Waals surface area contributed by atoms with E-state index >= 15 is 0 Å². The maximum Gasteiger partial charge on any atom is 0.294 e. The first-order valence-electron chi connectivity index (χ1n) is 6.63. The lowest BCUT2D eigenvalue weighted by Crippen LogP contribution is -2.35. The Morgan fingerprint density at radius 1 is 1.50 bits per heavy atom. The summed E-state index contributed by atoms with van der Waals surface area (Å²) < 4.78 is 13.5. The van der Waals surface area contributed by atoms with Gasteiger partial charge in [-0.25, -0.2) is 4.39 Å². The largest absolute Gasteiger partial charge is 0.375 e. The van der Waals surface area contributed by atoms with E-state index in [2.05, 4.69) is 5.32 Å². The summed E-state index contributed by atoms with van der Waals surface area (Å²) in [6.07, 6.45) is 4.36. The van der Waals surface area contributed by atoms with Gasteiger partial charge in [0.2, 0.25) is 0 Å². The number of hydrogen-bond donors (Lipinski definition) is 2. The highest BCUT2D eigenvalue weighted by Crippen LogP contribution is 2.34. The van der Waals surface area contributed by atoms with E-state index in [0.717, 1.165) is 37.8 Å². The van der Waals surface area contributed by atoms with Crippen LogP contribution in [0.2, 0.25) is 5.02 Å². The first-order valence-corrected chi connectivity index (χ1v) is 7.00. The third-order valence-electron chi connectivity index (χ3n) is 3.80. The minimum atomic E-state index is -0.679. The molecule has 0 radical (unpaired) electrons. The third-order valence-corrected chi connectivity index (χ3v) is 4.09. The summed E-state index contributed by atoms with van der Waals surface area (Å²) in [6.45, 7) is 0.353. The van der Waals surface area contributed by atoms with Crippen LogP contribution < -0.4 is 11.1 Å². The third kappa shape index (κ3) is 3.19. The molecular formula is C13H17ClFN3O2. The summed E-state index contributed by atoms with van der Waals surface area (Å²) >= 11 is 5.60. The zero-order valence-electron chi connectivity index (χ0n) is 10.9. The molecule has 0 heterocycles. The van der Waals surface area contributed by atoms with E-state index in [1.165, 1.54) is 0 Å². The smallest absolute Gasteiger partial charge is 0.294 e. The number of hydrogen-bond acceptors (Lipinski definition) is 4. The number of nitro groups is 1. The molecule has 2 rings (SSSR count). The van der Waals surface area contributed by atoms with Crippen molar-refractivity contribution in [2.45, 2.75) is 31.7 Å². The molecule has 1 unspecified atom stereocenters. The van der Waals surface area contributed by atoms with Crippen LogP contribution in [0, 0.1) is 21.8 Å². The highest BCUT2D eigenvalue weighted by Gasteiger charge is 2.26. The van der Waals surface area contributed by atoms with Crippen molar-refractivity contribution in [1.29, 1.82) is 0 Å². The van der Waals surface area contributed by atoms with Crippen molar-refractivity contribution in [3.05, 3.63) is 33.1 Å².